The van der Waals surface area contributed by atoms with Gasteiger partial charge in [0, 0.05) is 30.4 Å². The van der Waals surface area contributed by atoms with Crippen LogP contribution >= 0.6 is 0 Å². The predicted molar refractivity (Wildman–Crippen MR) is 105 cm³/mol. The van der Waals surface area contributed by atoms with Crippen LogP contribution in [0.15, 0.2) is 42.7 Å². The maximum absolute atomic E-state index is 14.5. The average Bonchev–Trinajstić information content (AvgIpc) is 3.20. The van der Waals surface area contributed by atoms with E-state index in [1.165, 1.54) is 6.07 Å². The molecule has 1 N–H and O–H groups in total. The Morgan fingerprint density at radius 1 is 0.939 bits per heavy atom. The van der Waals surface area contributed by atoms with Crippen LogP contribution in [-0.4, -0.2) is 23.2 Å². The standard InChI is InChI=1S/C23H21F7N2O/c24-21(22(25,26)27,23(28,29)30)15-2-4-16-14(11-15)1-3-18-17(16)5-6-19(18)20(33)32-12-13-7-9-31-10-8-13/h2,4,7-11,17-19H,1,3,5-6,12H2,(H,32,33)/t17?,18?,19-/m1/s1. The number of rotatable bonds is 4. The molecule has 3 atom stereocenters. The van der Waals surface area contributed by atoms with Crippen molar-refractivity contribution in [2.75, 3.05) is 0 Å². The summed E-state index contributed by atoms with van der Waals surface area (Å²) in [6, 6.07) is 6.00. The Morgan fingerprint density at radius 2 is 1.61 bits per heavy atom. The Labute approximate surface area is 185 Å². The number of hydrogen-bond acceptors (Lipinski definition) is 2. The van der Waals surface area contributed by atoms with Gasteiger partial charge in [0.15, 0.2) is 0 Å². The summed E-state index contributed by atoms with van der Waals surface area (Å²) < 4.78 is 93.2. The molecular formula is C23H21F7N2O. The minimum absolute atomic E-state index is 0.0684. The number of amides is 1. The number of nitrogens with zero attached hydrogens (tertiary/aromatic N) is 1. The molecule has 1 aromatic heterocycles. The smallest absolute Gasteiger partial charge is 0.352 e. The Morgan fingerprint density at radius 3 is 2.24 bits per heavy atom. The fraction of sp³-hybridized carbons (Fsp3) is 0.478. The normalized spacial score (nSPS) is 23.1. The van der Waals surface area contributed by atoms with E-state index in [0.29, 0.717) is 43.5 Å². The van der Waals surface area contributed by atoms with Crippen LogP contribution in [0.1, 0.15) is 47.4 Å². The molecule has 0 bridgehead atoms. The fourth-order valence-corrected chi connectivity index (χ4v) is 5.21. The van der Waals surface area contributed by atoms with Crippen LogP contribution in [-0.2, 0) is 23.4 Å². The molecule has 10 heteroatoms. The lowest BCUT2D eigenvalue weighted by molar-refractivity contribution is -0.348. The first-order chi connectivity index (χ1) is 15.4. The number of hydrogen-bond donors (Lipinski definition) is 1. The molecule has 1 heterocycles. The number of carbonyl (C=O) groups excluding carboxylic acids is 1. The van der Waals surface area contributed by atoms with Gasteiger partial charge in [0.05, 0.1) is 0 Å². The summed E-state index contributed by atoms with van der Waals surface area (Å²) in [5.74, 6) is -0.655. The molecule has 3 nitrogen and oxygen atoms in total. The summed E-state index contributed by atoms with van der Waals surface area (Å²) >= 11 is 0. The van der Waals surface area contributed by atoms with Gasteiger partial charge in [-0.05, 0) is 66.3 Å². The molecule has 2 aromatic rings. The van der Waals surface area contributed by atoms with E-state index in [1.807, 2.05) is 0 Å². The second kappa shape index (κ2) is 8.29. The Bertz CT molecular complexity index is 1010. The van der Waals surface area contributed by atoms with Gasteiger partial charge in [-0.2, -0.15) is 26.3 Å². The number of aromatic nitrogens is 1. The number of halogens is 7. The molecule has 2 aliphatic rings. The van der Waals surface area contributed by atoms with E-state index < -0.39 is 23.6 Å². The van der Waals surface area contributed by atoms with Crippen LogP contribution < -0.4 is 5.32 Å². The van der Waals surface area contributed by atoms with Crippen molar-refractivity contribution in [3.8, 4) is 0 Å². The van der Waals surface area contributed by atoms with Gasteiger partial charge in [-0.25, -0.2) is 4.39 Å². The summed E-state index contributed by atoms with van der Waals surface area (Å²) in [7, 11) is 0. The van der Waals surface area contributed by atoms with E-state index in [1.54, 1.807) is 24.5 Å². The third kappa shape index (κ3) is 4.08. The summed E-state index contributed by atoms with van der Waals surface area (Å²) in [4.78, 5) is 16.7. The van der Waals surface area contributed by atoms with Crippen molar-refractivity contribution in [2.24, 2.45) is 11.8 Å². The number of pyridine rings is 1. The first-order valence-corrected chi connectivity index (χ1v) is 10.6. The Balaban J connectivity index is 1.54. The molecule has 0 aliphatic heterocycles. The summed E-state index contributed by atoms with van der Waals surface area (Å²) in [6.07, 6.45) is -7.27. The molecule has 1 amide bonds. The van der Waals surface area contributed by atoms with Crippen molar-refractivity contribution in [3.05, 3.63) is 65.0 Å². The summed E-state index contributed by atoms with van der Waals surface area (Å²) in [6.45, 7) is 0.336. The SMILES string of the molecule is O=C(NCc1ccncc1)[C@@H]1CCC2c3ccc(C(F)(C(F)(F)F)C(F)(F)F)cc3CCC21. The van der Waals surface area contributed by atoms with Gasteiger partial charge in [-0.1, -0.05) is 18.2 Å². The predicted octanol–water partition coefficient (Wildman–Crippen LogP) is 5.74. The van der Waals surface area contributed by atoms with Crippen LogP contribution in [0.2, 0.25) is 0 Å². The zero-order chi connectivity index (χ0) is 24.0. The lowest BCUT2D eigenvalue weighted by Crippen LogP contribution is -2.50. The number of benzene rings is 1. The molecule has 33 heavy (non-hydrogen) atoms. The van der Waals surface area contributed by atoms with E-state index in [9.17, 15) is 35.5 Å². The van der Waals surface area contributed by atoms with E-state index in [0.717, 1.165) is 5.56 Å². The number of aryl methyl sites for hydroxylation is 1. The van der Waals surface area contributed by atoms with E-state index in [4.69, 9.17) is 0 Å². The number of carbonyl (C=O) groups is 1. The minimum atomic E-state index is -6.14. The zero-order valence-electron chi connectivity index (χ0n) is 17.3. The molecular weight excluding hydrogens is 453 g/mol. The quantitative estimate of drug-likeness (QED) is 0.574. The van der Waals surface area contributed by atoms with Gasteiger partial charge in [0.1, 0.15) is 0 Å². The largest absolute Gasteiger partial charge is 0.435 e. The van der Waals surface area contributed by atoms with Crippen LogP contribution in [0, 0.1) is 11.8 Å². The highest BCUT2D eigenvalue weighted by molar-refractivity contribution is 5.79. The van der Waals surface area contributed by atoms with E-state index >= 15 is 0 Å². The van der Waals surface area contributed by atoms with E-state index in [-0.39, 0.29) is 35.6 Å². The molecule has 4 rings (SSSR count). The van der Waals surface area contributed by atoms with Crippen molar-refractivity contribution in [1.82, 2.24) is 10.3 Å². The number of fused-ring (bicyclic) bond motifs is 3. The molecule has 0 spiro atoms. The van der Waals surface area contributed by atoms with Crippen LogP contribution in [0.3, 0.4) is 0 Å². The Hall–Kier alpha value is -2.65. The van der Waals surface area contributed by atoms with Gasteiger partial charge in [0.2, 0.25) is 5.91 Å². The summed E-state index contributed by atoms with van der Waals surface area (Å²) in [5.41, 5.74) is -5.12. The Kier molecular flexibility index (Phi) is 5.90. The first kappa shape index (κ1) is 23.5. The third-order valence-electron chi connectivity index (χ3n) is 6.84. The van der Waals surface area contributed by atoms with Crippen molar-refractivity contribution < 1.29 is 35.5 Å². The number of alkyl halides is 7. The maximum Gasteiger partial charge on any atom is 0.435 e. The molecule has 0 saturated heterocycles. The monoisotopic (exact) mass is 474 g/mol. The van der Waals surface area contributed by atoms with Crippen molar-refractivity contribution in [3.63, 3.8) is 0 Å². The lowest BCUT2D eigenvalue weighted by Gasteiger charge is -2.34. The lowest BCUT2D eigenvalue weighted by atomic mass is 9.73. The highest BCUT2D eigenvalue weighted by atomic mass is 19.4. The van der Waals surface area contributed by atoms with Crippen molar-refractivity contribution in [2.45, 2.75) is 56.2 Å². The topological polar surface area (TPSA) is 42.0 Å². The average molecular weight is 474 g/mol. The van der Waals surface area contributed by atoms with Crippen molar-refractivity contribution >= 4 is 5.91 Å². The first-order valence-electron chi connectivity index (χ1n) is 10.6. The molecule has 1 fully saturated rings. The van der Waals surface area contributed by atoms with Gasteiger partial charge in [-0.15, -0.1) is 0 Å². The van der Waals surface area contributed by atoms with E-state index in [2.05, 4.69) is 10.3 Å². The fourth-order valence-electron chi connectivity index (χ4n) is 5.21. The molecule has 1 saturated carbocycles. The van der Waals surface area contributed by atoms with Gasteiger partial charge in [-0.3, -0.25) is 9.78 Å². The summed E-state index contributed by atoms with van der Waals surface area (Å²) in [5, 5.41) is 2.89. The minimum Gasteiger partial charge on any atom is -0.352 e. The zero-order valence-corrected chi connectivity index (χ0v) is 17.3. The van der Waals surface area contributed by atoms with Gasteiger partial charge < -0.3 is 5.32 Å². The highest BCUT2D eigenvalue weighted by Crippen LogP contribution is 2.55. The van der Waals surface area contributed by atoms with Crippen LogP contribution in [0.5, 0.6) is 0 Å². The maximum atomic E-state index is 14.5. The second-order valence-corrected chi connectivity index (χ2v) is 8.63. The highest BCUT2D eigenvalue weighted by Gasteiger charge is 2.73. The second-order valence-electron chi connectivity index (χ2n) is 8.63. The number of nitrogens with one attached hydrogen (secondary N) is 1. The molecule has 2 aliphatic carbocycles. The third-order valence-corrected chi connectivity index (χ3v) is 6.84. The van der Waals surface area contributed by atoms with Crippen LogP contribution in [0.25, 0.3) is 0 Å². The van der Waals surface area contributed by atoms with Crippen molar-refractivity contribution in [1.29, 1.82) is 0 Å². The molecule has 178 valence electrons. The molecule has 1 aromatic carbocycles. The molecule has 0 radical (unpaired) electrons. The van der Waals surface area contributed by atoms with Gasteiger partial charge >= 0.3 is 18.0 Å². The molecule has 2 unspecified atom stereocenters. The van der Waals surface area contributed by atoms with Crippen LogP contribution in [0.4, 0.5) is 30.7 Å². The van der Waals surface area contributed by atoms with Gasteiger partial charge in [0.25, 0.3) is 0 Å².